The van der Waals surface area contributed by atoms with Gasteiger partial charge in [0.1, 0.15) is 0 Å². The number of nitrogens with zero attached hydrogens (tertiary/aromatic N) is 5. The van der Waals surface area contributed by atoms with Crippen molar-refractivity contribution in [2.24, 2.45) is 7.05 Å². The summed E-state index contributed by atoms with van der Waals surface area (Å²) in [6, 6.07) is 5.60. The molecule has 9 heteroatoms. The Morgan fingerprint density at radius 1 is 1.30 bits per heavy atom. The lowest BCUT2D eigenvalue weighted by Gasteiger charge is -2.18. The Balaban J connectivity index is 1.94. The Labute approximate surface area is 138 Å². The molecule has 0 aliphatic heterocycles. The summed E-state index contributed by atoms with van der Waals surface area (Å²) in [5.41, 5.74) is 0.962. The number of rotatable bonds is 7. The van der Waals surface area contributed by atoms with Crippen molar-refractivity contribution in [3.05, 3.63) is 23.8 Å². The van der Waals surface area contributed by atoms with Crippen molar-refractivity contribution in [2.45, 2.75) is 11.7 Å². The van der Waals surface area contributed by atoms with Gasteiger partial charge in [0, 0.05) is 20.6 Å². The van der Waals surface area contributed by atoms with Gasteiger partial charge < -0.3 is 14.4 Å². The maximum absolute atomic E-state index is 12.2. The van der Waals surface area contributed by atoms with E-state index in [1.165, 1.54) is 16.4 Å². The summed E-state index contributed by atoms with van der Waals surface area (Å²) >= 11 is 1.31. The molecule has 0 saturated carbocycles. The van der Waals surface area contributed by atoms with Crippen LogP contribution in [-0.2, 0) is 18.4 Å². The van der Waals surface area contributed by atoms with Crippen LogP contribution in [0.2, 0.25) is 0 Å². The van der Waals surface area contributed by atoms with Gasteiger partial charge in [-0.2, -0.15) is 0 Å². The number of tetrazole rings is 1. The Morgan fingerprint density at radius 3 is 2.65 bits per heavy atom. The first-order chi connectivity index (χ1) is 11.0. The van der Waals surface area contributed by atoms with Crippen LogP contribution in [-0.4, -0.2) is 58.0 Å². The number of aromatic nitrogens is 4. The minimum absolute atomic E-state index is 0.00668. The normalized spacial score (nSPS) is 10.4. The molecule has 8 nitrogen and oxygen atoms in total. The highest BCUT2D eigenvalue weighted by Crippen LogP contribution is 2.28. The second-order valence-electron chi connectivity index (χ2n) is 4.81. The molecule has 0 aliphatic carbocycles. The highest BCUT2D eigenvalue weighted by molar-refractivity contribution is 7.99. The van der Waals surface area contributed by atoms with Crippen molar-refractivity contribution in [3.8, 4) is 11.5 Å². The van der Waals surface area contributed by atoms with E-state index in [0.29, 0.717) is 23.2 Å². The highest BCUT2D eigenvalue weighted by atomic mass is 32.2. The monoisotopic (exact) mass is 337 g/mol. The number of methoxy groups -OCH3 is 2. The molecule has 0 unspecified atom stereocenters. The first kappa shape index (κ1) is 17.1. The molecule has 1 aromatic carbocycles. The number of aryl methyl sites for hydroxylation is 1. The van der Waals surface area contributed by atoms with Crippen LogP contribution in [0.4, 0.5) is 0 Å². The van der Waals surface area contributed by atoms with Gasteiger partial charge in [-0.1, -0.05) is 17.8 Å². The lowest BCUT2D eigenvalue weighted by Crippen LogP contribution is -2.27. The van der Waals surface area contributed by atoms with E-state index in [1.807, 2.05) is 18.2 Å². The maximum atomic E-state index is 12.2. The van der Waals surface area contributed by atoms with Crippen LogP contribution < -0.4 is 9.47 Å². The van der Waals surface area contributed by atoms with E-state index in [0.717, 1.165) is 5.56 Å². The Bertz CT molecular complexity index is 676. The number of carbonyl (C=O) groups excluding carboxylic acids is 1. The third-order valence-corrected chi connectivity index (χ3v) is 4.19. The summed E-state index contributed by atoms with van der Waals surface area (Å²) in [5, 5.41) is 11.7. The topological polar surface area (TPSA) is 82.4 Å². The predicted molar refractivity (Wildman–Crippen MR) is 85.5 cm³/mol. The van der Waals surface area contributed by atoms with Crippen molar-refractivity contribution in [2.75, 3.05) is 27.0 Å². The Kier molecular flexibility index (Phi) is 5.80. The summed E-state index contributed by atoms with van der Waals surface area (Å²) < 4.78 is 12.0. The summed E-state index contributed by atoms with van der Waals surface area (Å²) in [6.07, 6.45) is 0. The maximum Gasteiger partial charge on any atom is 0.233 e. The molecule has 0 aliphatic rings. The van der Waals surface area contributed by atoms with Crippen LogP contribution in [0, 0.1) is 0 Å². The van der Waals surface area contributed by atoms with Crippen molar-refractivity contribution in [1.29, 1.82) is 0 Å². The number of amides is 1. The Hall–Kier alpha value is -2.29. The third kappa shape index (κ3) is 4.35. The fourth-order valence-corrected chi connectivity index (χ4v) is 2.71. The molecule has 1 aromatic heterocycles. The fraction of sp³-hybridized carbons (Fsp3) is 0.429. The van der Waals surface area contributed by atoms with E-state index in [-0.39, 0.29) is 11.7 Å². The van der Waals surface area contributed by atoms with Crippen LogP contribution in [0.1, 0.15) is 5.56 Å². The lowest BCUT2D eigenvalue weighted by molar-refractivity contribution is -0.127. The van der Waals surface area contributed by atoms with E-state index in [2.05, 4.69) is 15.5 Å². The highest BCUT2D eigenvalue weighted by Gasteiger charge is 2.13. The number of ether oxygens (including phenoxy) is 2. The van der Waals surface area contributed by atoms with Crippen molar-refractivity contribution >= 4 is 17.7 Å². The summed E-state index contributed by atoms with van der Waals surface area (Å²) in [4.78, 5) is 13.9. The summed E-state index contributed by atoms with van der Waals surface area (Å²) in [6.45, 7) is 0.483. The number of benzene rings is 1. The zero-order valence-electron chi connectivity index (χ0n) is 13.5. The van der Waals surface area contributed by atoms with Crippen LogP contribution in [0.15, 0.2) is 23.4 Å². The van der Waals surface area contributed by atoms with Crippen molar-refractivity contribution in [1.82, 2.24) is 25.1 Å². The smallest absolute Gasteiger partial charge is 0.233 e. The van der Waals surface area contributed by atoms with Crippen LogP contribution >= 0.6 is 11.8 Å². The van der Waals surface area contributed by atoms with Gasteiger partial charge in [-0.25, -0.2) is 4.68 Å². The fourth-order valence-electron chi connectivity index (χ4n) is 1.92. The van der Waals surface area contributed by atoms with Gasteiger partial charge in [0.15, 0.2) is 11.5 Å². The largest absolute Gasteiger partial charge is 0.493 e. The zero-order chi connectivity index (χ0) is 16.8. The quantitative estimate of drug-likeness (QED) is 0.696. The third-order valence-electron chi connectivity index (χ3n) is 3.20. The number of hydrogen-bond donors (Lipinski definition) is 0. The number of carbonyl (C=O) groups is 1. The molecular weight excluding hydrogens is 318 g/mol. The molecule has 2 aromatic rings. The number of hydrogen-bond acceptors (Lipinski definition) is 7. The Morgan fingerprint density at radius 2 is 2.04 bits per heavy atom. The standard InChI is InChI=1S/C14H19N5O3S/c1-18(13(20)9-23-14-15-16-17-19(14)2)8-10-5-6-11(21-3)12(7-10)22-4/h5-7H,8-9H2,1-4H3. The summed E-state index contributed by atoms with van der Waals surface area (Å²) in [7, 11) is 6.67. The van der Waals surface area contributed by atoms with Crippen molar-refractivity contribution in [3.63, 3.8) is 0 Å². The molecule has 23 heavy (non-hydrogen) atoms. The molecule has 0 N–H and O–H groups in total. The first-order valence-corrected chi connectivity index (χ1v) is 7.83. The van der Waals surface area contributed by atoms with E-state index in [9.17, 15) is 4.79 Å². The van der Waals surface area contributed by atoms with Crippen molar-refractivity contribution < 1.29 is 14.3 Å². The molecule has 124 valence electrons. The average Bonchev–Trinajstić information content (AvgIpc) is 2.97. The first-order valence-electron chi connectivity index (χ1n) is 6.85. The van der Waals surface area contributed by atoms with Gasteiger partial charge in [-0.15, -0.1) is 5.10 Å². The van der Waals surface area contributed by atoms with E-state index < -0.39 is 0 Å². The number of thioether (sulfide) groups is 1. The van der Waals surface area contributed by atoms with Crippen LogP contribution in [0.3, 0.4) is 0 Å². The minimum Gasteiger partial charge on any atom is -0.493 e. The van der Waals surface area contributed by atoms with Crippen LogP contribution in [0.25, 0.3) is 0 Å². The molecule has 0 radical (unpaired) electrons. The average molecular weight is 337 g/mol. The van der Waals surface area contributed by atoms with Crippen LogP contribution in [0.5, 0.6) is 11.5 Å². The second kappa shape index (κ2) is 7.82. The minimum atomic E-state index is -0.00668. The molecule has 1 heterocycles. The lowest BCUT2D eigenvalue weighted by atomic mass is 10.2. The molecule has 0 saturated heterocycles. The molecule has 2 rings (SSSR count). The molecule has 1 amide bonds. The van der Waals surface area contributed by atoms with E-state index >= 15 is 0 Å². The predicted octanol–water partition coefficient (Wildman–Crippen LogP) is 0.978. The molecular formula is C14H19N5O3S. The van der Waals surface area contributed by atoms with E-state index in [1.54, 1.807) is 33.2 Å². The molecule has 0 bridgehead atoms. The van der Waals surface area contributed by atoms with E-state index in [4.69, 9.17) is 9.47 Å². The molecule has 0 atom stereocenters. The van der Waals surface area contributed by atoms with Gasteiger partial charge in [0.05, 0.1) is 20.0 Å². The SMILES string of the molecule is COc1ccc(CN(C)C(=O)CSc2nnnn2C)cc1OC. The van der Waals surface area contributed by atoms with Gasteiger partial charge in [0.25, 0.3) is 0 Å². The second-order valence-corrected chi connectivity index (χ2v) is 5.76. The summed E-state index contributed by atoms with van der Waals surface area (Å²) in [5.74, 6) is 1.58. The molecule has 0 fully saturated rings. The van der Waals surface area contributed by atoms with Gasteiger partial charge in [-0.3, -0.25) is 4.79 Å². The van der Waals surface area contributed by atoms with Gasteiger partial charge >= 0.3 is 0 Å². The molecule has 0 spiro atoms. The zero-order valence-corrected chi connectivity index (χ0v) is 14.3. The van der Waals surface area contributed by atoms with Gasteiger partial charge in [0.2, 0.25) is 11.1 Å². The van der Waals surface area contributed by atoms with Gasteiger partial charge in [-0.05, 0) is 28.1 Å².